The van der Waals surface area contributed by atoms with Gasteiger partial charge in [-0.2, -0.15) is 0 Å². The molecule has 0 bridgehead atoms. The molecule has 0 radical (unpaired) electrons. The second-order valence-electron chi connectivity index (χ2n) is 5.60. The predicted molar refractivity (Wildman–Crippen MR) is 84.7 cm³/mol. The lowest BCUT2D eigenvalue weighted by atomic mass is 9.85. The minimum atomic E-state index is 0.0531. The van der Waals surface area contributed by atoms with E-state index < -0.39 is 0 Å². The van der Waals surface area contributed by atoms with Gasteiger partial charge in [-0.1, -0.05) is 6.92 Å². The zero-order valence-corrected chi connectivity index (χ0v) is 13.7. The minimum Gasteiger partial charge on any atom is -0.316 e. The van der Waals surface area contributed by atoms with Crippen molar-refractivity contribution in [3.8, 4) is 0 Å². The third-order valence-electron chi connectivity index (χ3n) is 3.94. The quantitative estimate of drug-likeness (QED) is 0.886. The molecule has 1 fully saturated rings. The van der Waals surface area contributed by atoms with Gasteiger partial charge in [-0.3, -0.25) is 4.79 Å². The Morgan fingerprint density at radius 1 is 1.60 bits per heavy atom. The van der Waals surface area contributed by atoms with Gasteiger partial charge in [0.05, 0.1) is 5.69 Å². The van der Waals surface area contributed by atoms with E-state index in [9.17, 15) is 4.79 Å². The molecular weight excluding hydrogens is 318 g/mol. The number of carbonyl (C=O) groups is 1. The number of aromatic nitrogens is 1. The summed E-state index contributed by atoms with van der Waals surface area (Å²) in [5.74, 6) is 1.69. The number of aryl methyl sites for hydroxylation is 1. The maximum Gasteiger partial charge on any atom is 0.225 e. The molecule has 2 unspecified atom stereocenters. The second-order valence-corrected chi connectivity index (χ2v) is 6.45. The van der Waals surface area contributed by atoms with Gasteiger partial charge in [0, 0.05) is 10.9 Å². The van der Waals surface area contributed by atoms with Crippen LogP contribution in [0.3, 0.4) is 0 Å². The van der Waals surface area contributed by atoms with Crippen molar-refractivity contribution >= 4 is 27.7 Å². The van der Waals surface area contributed by atoms with Crippen LogP contribution in [0.15, 0.2) is 16.6 Å². The summed E-state index contributed by atoms with van der Waals surface area (Å²) < 4.78 is 0.956. The van der Waals surface area contributed by atoms with E-state index in [1.165, 1.54) is 12.8 Å². The Hall–Kier alpha value is -0.940. The van der Waals surface area contributed by atoms with Crippen LogP contribution in [-0.4, -0.2) is 24.0 Å². The van der Waals surface area contributed by atoms with E-state index in [4.69, 9.17) is 0 Å². The number of halogens is 1. The summed E-state index contributed by atoms with van der Waals surface area (Å²) in [5.41, 5.74) is 0.882. The van der Waals surface area contributed by atoms with E-state index in [0.29, 0.717) is 24.1 Å². The van der Waals surface area contributed by atoms with Crippen molar-refractivity contribution in [3.05, 3.63) is 22.3 Å². The Labute approximate surface area is 128 Å². The average Bonchev–Trinajstić information content (AvgIpc) is 2.44. The molecular formula is C15H22BrN3O. The van der Waals surface area contributed by atoms with Crippen LogP contribution in [0.25, 0.3) is 0 Å². The largest absolute Gasteiger partial charge is 0.316 e. The summed E-state index contributed by atoms with van der Waals surface area (Å²) >= 11 is 3.41. The summed E-state index contributed by atoms with van der Waals surface area (Å²) in [6.07, 6.45) is 2.99. The van der Waals surface area contributed by atoms with Crippen LogP contribution in [0.5, 0.6) is 0 Å². The van der Waals surface area contributed by atoms with Crippen molar-refractivity contribution in [1.29, 1.82) is 0 Å². The molecule has 2 rings (SSSR count). The molecule has 1 aliphatic rings. The van der Waals surface area contributed by atoms with E-state index >= 15 is 0 Å². The summed E-state index contributed by atoms with van der Waals surface area (Å²) in [4.78, 5) is 16.4. The van der Waals surface area contributed by atoms with Gasteiger partial charge in [0.15, 0.2) is 0 Å². The van der Waals surface area contributed by atoms with Crippen molar-refractivity contribution < 1.29 is 4.79 Å². The van der Waals surface area contributed by atoms with E-state index in [1.54, 1.807) is 0 Å². The number of piperidine rings is 1. The predicted octanol–water partition coefficient (Wildman–Crippen LogP) is 3.12. The molecule has 1 aromatic rings. The molecule has 0 spiro atoms. The highest BCUT2D eigenvalue weighted by atomic mass is 79.9. The maximum atomic E-state index is 12.1. The lowest BCUT2D eigenvalue weighted by molar-refractivity contribution is -0.117. The van der Waals surface area contributed by atoms with Crippen LogP contribution in [0.1, 0.15) is 31.9 Å². The van der Waals surface area contributed by atoms with Gasteiger partial charge in [-0.15, -0.1) is 0 Å². The summed E-state index contributed by atoms with van der Waals surface area (Å²) in [6, 6.07) is 3.73. The lowest BCUT2D eigenvalue weighted by Gasteiger charge is -2.27. The first-order valence-electron chi connectivity index (χ1n) is 7.20. The fraction of sp³-hybridized carbons (Fsp3) is 0.600. The molecule has 2 atom stereocenters. The molecule has 5 heteroatoms. The Bertz CT molecular complexity index is 472. The van der Waals surface area contributed by atoms with Gasteiger partial charge in [0.2, 0.25) is 5.91 Å². The fourth-order valence-electron chi connectivity index (χ4n) is 2.63. The molecule has 0 aromatic carbocycles. The third kappa shape index (κ3) is 4.28. The molecule has 4 nitrogen and oxygen atoms in total. The van der Waals surface area contributed by atoms with E-state index in [2.05, 4.69) is 38.5 Å². The van der Waals surface area contributed by atoms with Gasteiger partial charge in [-0.25, -0.2) is 4.98 Å². The number of hydrogen-bond acceptors (Lipinski definition) is 3. The van der Waals surface area contributed by atoms with E-state index in [1.807, 2.05) is 19.1 Å². The molecule has 0 aliphatic carbocycles. The summed E-state index contributed by atoms with van der Waals surface area (Å²) in [7, 11) is 0. The minimum absolute atomic E-state index is 0.0531. The molecule has 2 heterocycles. The standard InChI is InChI=1S/C15H22BrN3O/c1-10(12-4-3-7-17-9-12)8-15(20)19-14-6-5-13(16)11(2)18-14/h5-6,10,12,17H,3-4,7-9H2,1-2H3,(H,18,19,20). The average molecular weight is 340 g/mol. The number of rotatable bonds is 4. The number of hydrogen-bond donors (Lipinski definition) is 2. The Balaban J connectivity index is 1.86. The first-order chi connectivity index (χ1) is 9.56. The molecule has 20 heavy (non-hydrogen) atoms. The highest BCUT2D eigenvalue weighted by molar-refractivity contribution is 9.10. The molecule has 1 saturated heterocycles. The van der Waals surface area contributed by atoms with Gasteiger partial charge in [0.25, 0.3) is 0 Å². The number of pyridine rings is 1. The van der Waals surface area contributed by atoms with E-state index in [0.717, 1.165) is 23.3 Å². The number of carbonyl (C=O) groups excluding carboxylic acids is 1. The van der Waals surface area contributed by atoms with Crippen LogP contribution in [0.4, 0.5) is 5.82 Å². The number of anilines is 1. The lowest BCUT2D eigenvalue weighted by Crippen LogP contribution is -2.34. The topological polar surface area (TPSA) is 54.0 Å². The summed E-state index contributed by atoms with van der Waals surface area (Å²) in [5, 5.41) is 6.29. The zero-order valence-electron chi connectivity index (χ0n) is 12.1. The number of nitrogens with one attached hydrogen (secondary N) is 2. The van der Waals surface area contributed by atoms with Crippen LogP contribution in [-0.2, 0) is 4.79 Å². The molecule has 110 valence electrons. The Morgan fingerprint density at radius 2 is 2.40 bits per heavy atom. The number of nitrogens with zero attached hydrogens (tertiary/aromatic N) is 1. The fourth-order valence-corrected chi connectivity index (χ4v) is 2.85. The van der Waals surface area contributed by atoms with Crippen molar-refractivity contribution in [2.45, 2.75) is 33.1 Å². The summed E-state index contributed by atoms with van der Waals surface area (Å²) in [6.45, 7) is 6.22. The smallest absolute Gasteiger partial charge is 0.225 e. The van der Waals surface area contributed by atoms with Gasteiger partial charge in [-0.05, 0) is 72.8 Å². The van der Waals surface area contributed by atoms with Crippen LogP contribution in [0, 0.1) is 18.8 Å². The van der Waals surface area contributed by atoms with Crippen LogP contribution >= 0.6 is 15.9 Å². The molecule has 1 aromatic heterocycles. The Morgan fingerprint density at radius 3 is 3.05 bits per heavy atom. The van der Waals surface area contributed by atoms with Crippen molar-refractivity contribution in [2.24, 2.45) is 11.8 Å². The van der Waals surface area contributed by atoms with Crippen LogP contribution < -0.4 is 10.6 Å². The van der Waals surface area contributed by atoms with Crippen molar-refractivity contribution in [2.75, 3.05) is 18.4 Å². The molecule has 1 amide bonds. The van der Waals surface area contributed by atoms with E-state index in [-0.39, 0.29) is 5.91 Å². The first kappa shape index (κ1) is 15.4. The van der Waals surface area contributed by atoms with Crippen molar-refractivity contribution in [3.63, 3.8) is 0 Å². The molecule has 1 aliphatic heterocycles. The van der Waals surface area contributed by atoms with Crippen LogP contribution in [0.2, 0.25) is 0 Å². The SMILES string of the molecule is Cc1nc(NC(=O)CC(C)C2CCCNC2)ccc1Br. The third-order valence-corrected chi connectivity index (χ3v) is 4.77. The second kappa shape index (κ2) is 7.18. The monoisotopic (exact) mass is 339 g/mol. The zero-order chi connectivity index (χ0) is 14.5. The molecule has 2 N–H and O–H groups in total. The van der Waals surface area contributed by atoms with Gasteiger partial charge < -0.3 is 10.6 Å². The van der Waals surface area contributed by atoms with Crippen molar-refractivity contribution in [1.82, 2.24) is 10.3 Å². The number of amides is 1. The van der Waals surface area contributed by atoms with Gasteiger partial charge in [0.1, 0.15) is 5.82 Å². The maximum absolute atomic E-state index is 12.1. The first-order valence-corrected chi connectivity index (χ1v) is 7.99. The normalized spacial score (nSPS) is 20.4. The Kier molecular flexibility index (Phi) is 5.54. The molecule has 0 saturated carbocycles. The highest BCUT2D eigenvalue weighted by Crippen LogP contribution is 2.23. The van der Waals surface area contributed by atoms with Gasteiger partial charge >= 0.3 is 0 Å². The highest BCUT2D eigenvalue weighted by Gasteiger charge is 2.22.